The molecule has 0 fully saturated rings. The number of rotatable bonds is 1. The Morgan fingerprint density at radius 3 is 2.27 bits per heavy atom. The monoisotopic (exact) mass is 172 g/mol. The van der Waals surface area contributed by atoms with Gasteiger partial charge < -0.3 is 15.2 Å². The summed E-state index contributed by atoms with van der Waals surface area (Å²) in [6, 6.07) is 3.91. The van der Waals surface area contributed by atoms with Gasteiger partial charge >= 0.3 is 7.12 Å². The highest BCUT2D eigenvalue weighted by atomic mass is 35.5. The van der Waals surface area contributed by atoms with Crippen molar-refractivity contribution in [2.24, 2.45) is 0 Å². The van der Waals surface area contributed by atoms with Crippen LogP contribution in [0.4, 0.5) is 0 Å². The van der Waals surface area contributed by atoms with Crippen molar-refractivity contribution >= 4 is 24.2 Å². The van der Waals surface area contributed by atoms with Crippen LogP contribution in [0.5, 0.6) is 5.75 Å². The van der Waals surface area contributed by atoms with Crippen molar-refractivity contribution in [1.82, 2.24) is 0 Å². The Morgan fingerprint density at radius 2 is 1.82 bits per heavy atom. The SMILES string of the molecule is OB(O)c1cc(O)cc(Cl)c1. The lowest BCUT2D eigenvalue weighted by Crippen LogP contribution is -2.29. The Balaban J connectivity index is 3.08. The van der Waals surface area contributed by atoms with Crippen molar-refractivity contribution < 1.29 is 15.2 Å². The van der Waals surface area contributed by atoms with Crippen LogP contribution in [0.3, 0.4) is 0 Å². The van der Waals surface area contributed by atoms with E-state index in [1.807, 2.05) is 0 Å². The normalized spacial score (nSPS) is 9.73. The molecule has 5 heteroatoms. The molecule has 0 amide bonds. The largest absolute Gasteiger partial charge is 0.508 e. The molecule has 0 bridgehead atoms. The van der Waals surface area contributed by atoms with Gasteiger partial charge in [-0.1, -0.05) is 11.6 Å². The van der Waals surface area contributed by atoms with Gasteiger partial charge in [-0.05, 0) is 23.7 Å². The van der Waals surface area contributed by atoms with Gasteiger partial charge in [0.25, 0.3) is 0 Å². The first-order valence-corrected chi connectivity index (χ1v) is 3.33. The minimum Gasteiger partial charge on any atom is -0.508 e. The van der Waals surface area contributed by atoms with Crippen LogP contribution in [0.15, 0.2) is 18.2 Å². The number of benzene rings is 1. The fraction of sp³-hybridized carbons (Fsp3) is 0. The van der Waals surface area contributed by atoms with Gasteiger partial charge in [0.05, 0.1) is 0 Å². The molecule has 0 aliphatic rings. The van der Waals surface area contributed by atoms with E-state index in [2.05, 4.69) is 0 Å². The summed E-state index contributed by atoms with van der Waals surface area (Å²) in [6.07, 6.45) is 0. The fourth-order valence-corrected chi connectivity index (χ4v) is 0.983. The summed E-state index contributed by atoms with van der Waals surface area (Å²) in [7, 11) is -1.60. The molecule has 1 aromatic rings. The fourth-order valence-electron chi connectivity index (χ4n) is 0.745. The van der Waals surface area contributed by atoms with Crippen LogP contribution in [0.25, 0.3) is 0 Å². The molecule has 0 aromatic heterocycles. The summed E-state index contributed by atoms with van der Waals surface area (Å²) in [4.78, 5) is 0. The molecule has 0 atom stereocenters. The second-order valence-electron chi connectivity index (χ2n) is 2.12. The summed E-state index contributed by atoms with van der Waals surface area (Å²) in [5.41, 5.74) is 0.176. The van der Waals surface area contributed by atoms with Crippen molar-refractivity contribution in [2.75, 3.05) is 0 Å². The molecule has 58 valence electrons. The van der Waals surface area contributed by atoms with E-state index in [0.717, 1.165) is 0 Å². The third-order valence-corrected chi connectivity index (χ3v) is 1.42. The molecule has 3 N–H and O–H groups in total. The Hall–Kier alpha value is -0.705. The second-order valence-corrected chi connectivity index (χ2v) is 2.55. The zero-order chi connectivity index (χ0) is 8.43. The van der Waals surface area contributed by atoms with E-state index < -0.39 is 7.12 Å². The van der Waals surface area contributed by atoms with E-state index >= 15 is 0 Å². The van der Waals surface area contributed by atoms with Crippen molar-refractivity contribution in [1.29, 1.82) is 0 Å². The van der Waals surface area contributed by atoms with E-state index in [1.54, 1.807) is 0 Å². The second kappa shape index (κ2) is 3.13. The first kappa shape index (κ1) is 8.39. The number of aromatic hydroxyl groups is 1. The predicted octanol–water partition coefficient (Wildman–Crippen LogP) is -0.275. The van der Waals surface area contributed by atoms with Crippen LogP contribution >= 0.6 is 11.6 Å². The predicted molar refractivity (Wildman–Crippen MR) is 42.9 cm³/mol. The first-order valence-electron chi connectivity index (χ1n) is 2.95. The zero-order valence-electron chi connectivity index (χ0n) is 5.53. The Labute approximate surface area is 69.0 Å². The van der Waals surface area contributed by atoms with Crippen LogP contribution in [-0.2, 0) is 0 Å². The Bertz CT molecular complexity index is 244. The van der Waals surface area contributed by atoms with Gasteiger partial charge in [0.1, 0.15) is 5.75 Å². The molecule has 0 aliphatic heterocycles. The summed E-state index contributed by atoms with van der Waals surface area (Å²) < 4.78 is 0. The molecule has 11 heavy (non-hydrogen) atoms. The standard InChI is InChI=1S/C6H6BClO3/c8-5-1-4(7(10)11)2-6(9)3-5/h1-3,9-11H. The highest BCUT2D eigenvalue weighted by molar-refractivity contribution is 6.59. The quantitative estimate of drug-likeness (QED) is 0.511. The van der Waals surface area contributed by atoms with Gasteiger partial charge in [0, 0.05) is 5.02 Å². The molecular weight excluding hydrogens is 166 g/mol. The van der Waals surface area contributed by atoms with Crippen molar-refractivity contribution in [3.8, 4) is 5.75 Å². The van der Waals surface area contributed by atoms with E-state index in [-0.39, 0.29) is 16.2 Å². The van der Waals surface area contributed by atoms with E-state index in [9.17, 15) is 0 Å². The van der Waals surface area contributed by atoms with Crippen LogP contribution in [0.2, 0.25) is 5.02 Å². The maximum atomic E-state index is 8.94. The highest BCUT2D eigenvalue weighted by Gasteiger charge is 2.11. The third-order valence-electron chi connectivity index (χ3n) is 1.20. The average Bonchev–Trinajstić information content (AvgIpc) is 1.85. The first-order chi connectivity index (χ1) is 5.09. The van der Waals surface area contributed by atoms with Gasteiger partial charge in [-0.3, -0.25) is 0 Å². The number of hydrogen-bond donors (Lipinski definition) is 3. The molecule has 0 saturated heterocycles. The smallest absolute Gasteiger partial charge is 0.488 e. The van der Waals surface area contributed by atoms with Gasteiger partial charge in [-0.25, -0.2) is 0 Å². The van der Waals surface area contributed by atoms with Crippen LogP contribution < -0.4 is 5.46 Å². The molecule has 1 aromatic carbocycles. The number of hydrogen-bond acceptors (Lipinski definition) is 3. The van der Waals surface area contributed by atoms with Gasteiger partial charge in [0.2, 0.25) is 0 Å². The van der Waals surface area contributed by atoms with Gasteiger partial charge in [0.15, 0.2) is 0 Å². The van der Waals surface area contributed by atoms with Crippen molar-refractivity contribution in [3.63, 3.8) is 0 Å². The zero-order valence-corrected chi connectivity index (χ0v) is 6.28. The molecule has 0 saturated carbocycles. The maximum absolute atomic E-state index is 8.94. The topological polar surface area (TPSA) is 60.7 Å². The summed E-state index contributed by atoms with van der Waals surface area (Å²) in [5.74, 6) is -0.0828. The van der Waals surface area contributed by atoms with E-state index in [0.29, 0.717) is 0 Å². The third kappa shape index (κ3) is 2.11. The molecule has 1 rings (SSSR count). The average molecular weight is 172 g/mol. The van der Waals surface area contributed by atoms with Gasteiger partial charge in [-0.15, -0.1) is 0 Å². The Morgan fingerprint density at radius 1 is 1.18 bits per heavy atom. The highest BCUT2D eigenvalue weighted by Crippen LogP contribution is 2.13. The Kier molecular flexibility index (Phi) is 2.39. The number of halogens is 1. The van der Waals surface area contributed by atoms with Crippen molar-refractivity contribution in [3.05, 3.63) is 23.2 Å². The van der Waals surface area contributed by atoms with Crippen LogP contribution in [0.1, 0.15) is 0 Å². The molecular formula is C6H6BClO3. The van der Waals surface area contributed by atoms with E-state index in [4.69, 9.17) is 26.8 Å². The van der Waals surface area contributed by atoms with Gasteiger partial charge in [-0.2, -0.15) is 0 Å². The molecule has 0 spiro atoms. The minimum atomic E-state index is -1.60. The summed E-state index contributed by atoms with van der Waals surface area (Å²) in [5, 5.41) is 26.5. The van der Waals surface area contributed by atoms with E-state index in [1.165, 1.54) is 18.2 Å². The maximum Gasteiger partial charge on any atom is 0.488 e. The van der Waals surface area contributed by atoms with Crippen molar-refractivity contribution in [2.45, 2.75) is 0 Å². The number of phenolic OH excluding ortho intramolecular Hbond substituents is 1. The minimum absolute atomic E-state index is 0.0828. The number of phenols is 1. The summed E-state index contributed by atoms with van der Waals surface area (Å²) >= 11 is 5.51. The lowest BCUT2D eigenvalue weighted by Gasteiger charge is -2.00. The molecule has 3 nitrogen and oxygen atoms in total. The summed E-state index contributed by atoms with van der Waals surface area (Å²) in [6.45, 7) is 0. The molecule has 0 radical (unpaired) electrons. The lowest BCUT2D eigenvalue weighted by molar-refractivity contribution is 0.424. The molecule has 0 aliphatic carbocycles. The van der Waals surface area contributed by atoms with Crippen LogP contribution in [0, 0.1) is 0 Å². The molecule has 0 unspecified atom stereocenters. The molecule has 0 heterocycles. The lowest BCUT2D eigenvalue weighted by atomic mass is 9.80. The van der Waals surface area contributed by atoms with Crippen LogP contribution in [-0.4, -0.2) is 22.3 Å².